The van der Waals surface area contributed by atoms with Crippen molar-refractivity contribution in [2.75, 3.05) is 0 Å². The summed E-state index contributed by atoms with van der Waals surface area (Å²) in [6.07, 6.45) is 0.709. The molecule has 2 atom stereocenters. The van der Waals surface area contributed by atoms with Gasteiger partial charge in [-0.05, 0) is 38.0 Å². The summed E-state index contributed by atoms with van der Waals surface area (Å²) in [6, 6.07) is 2.87. The number of Topliss-reactive ketones (excluding diaryl/α,β-unsaturated/α-hetero) is 1. The van der Waals surface area contributed by atoms with Gasteiger partial charge in [-0.15, -0.1) is 0 Å². The smallest absolute Gasteiger partial charge is 0.194 e. The van der Waals surface area contributed by atoms with E-state index < -0.39 is 23.5 Å². The summed E-state index contributed by atoms with van der Waals surface area (Å²) in [4.78, 5) is 11.8. The van der Waals surface area contributed by atoms with Gasteiger partial charge in [0, 0.05) is 0 Å². The molecule has 1 heterocycles. The highest BCUT2D eigenvalue weighted by Crippen LogP contribution is 2.23. The number of rotatable bonds is 2. The second-order valence-corrected chi connectivity index (χ2v) is 4.00. The Hall–Kier alpha value is -1.29. The Morgan fingerprint density at radius 3 is 2.75 bits per heavy atom. The average Bonchev–Trinajstić information content (AvgIpc) is 2.67. The van der Waals surface area contributed by atoms with Gasteiger partial charge in [0.15, 0.2) is 5.78 Å². The van der Waals surface area contributed by atoms with Crippen LogP contribution in [0.4, 0.5) is 8.78 Å². The second-order valence-electron chi connectivity index (χ2n) is 4.00. The SMILES string of the molecule is CC1CCC(C(=O)c2cc(F)ccc2F)O1. The van der Waals surface area contributed by atoms with Crippen molar-refractivity contribution < 1.29 is 18.3 Å². The Labute approximate surface area is 92.2 Å². The molecule has 0 bridgehead atoms. The summed E-state index contributed by atoms with van der Waals surface area (Å²) in [5.74, 6) is -1.79. The zero-order valence-corrected chi connectivity index (χ0v) is 8.87. The molecule has 2 unspecified atom stereocenters. The molecule has 1 aliphatic heterocycles. The van der Waals surface area contributed by atoms with Crippen LogP contribution >= 0.6 is 0 Å². The van der Waals surface area contributed by atoms with Gasteiger partial charge in [0.1, 0.15) is 17.7 Å². The van der Waals surface area contributed by atoms with Crippen molar-refractivity contribution in [2.24, 2.45) is 0 Å². The monoisotopic (exact) mass is 226 g/mol. The highest BCUT2D eigenvalue weighted by Gasteiger charge is 2.30. The van der Waals surface area contributed by atoms with Crippen molar-refractivity contribution in [2.45, 2.75) is 32.0 Å². The van der Waals surface area contributed by atoms with Crippen molar-refractivity contribution in [1.82, 2.24) is 0 Å². The van der Waals surface area contributed by atoms with Crippen LogP contribution in [0.25, 0.3) is 0 Å². The maximum atomic E-state index is 13.3. The lowest BCUT2D eigenvalue weighted by atomic mass is 10.0. The van der Waals surface area contributed by atoms with Crippen molar-refractivity contribution in [3.63, 3.8) is 0 Å². The molecule has 86 valence electrons. The summed E-state index contributed by atoms with van der Waals surface area (Å²) in [5.41, 5.74) is -0.223. The lowest BCUT2D eigenvalue weighted by Crippen LogP contribution is -2.22. The van der Waals surface area contributed by atoms with Gasteiger partial charge >= 0.3 is 0 Å². The molecule has 16 heavy (non-hydrogen) atoms. The molecule has 1 fully saturated rings. The van der Waals surface area contributed by atoms with E-state index in [0.29, 0.717) is 6.42 Å². The minimum absolute atomic E-state index is 0.00516. The maximum absolute atomic E-state index is 13.3. The van der Waals surface area contributed by atoms with Crippen LogP contribution in [0.15, 0.2) is 18.2 Å². The van der Waals surface area contributed by atoms with E-state index in [9.17, 15) is 13.6 Å². The van der Waals surface area contributed by atoms with Crippen molar-refractivity contribution in [3.8, 4) is 0 Å². The summed E-state index contributed by atoms with van der Waals surface area (Å²) >= 11 is 0. The second kappa shape index (κ2) is 4.29. The Morgan fingerprint density at radius 1 is 1.38 bits per heavy atom. The summed E-state index contributed by atoms with van der Waals surface area (Å²) in [7, 11) is 0. The third kappa shape index (κ3) is 2.11. The first-order valence-corrected chi connectivity index (χ1v) is 5.22. The van der Waals surface area contributed by atoms with Crippen molar-refractivity contribution in [1.29, 1.82) is 0 Å². The largest absolute Gasteiger partial charge is 0.367 e. The van der Waals surface area contributed by atoms with Gasteiger partial charge in [-0.3, -0.25) is 4.79 Å². The van der Waals surface area contributed by atoms with E-state index >= 15 is 0 Å². The molecule has 1 aromatic carbocycles. The fourth-order valence-corrected chi connectivity index (χ4v) is 1.86. The maximum Gasteiger partial charge on any atom is 0.194 e. The molecule has 2 nitrogen and oxygen atoms in total. The molecule has 0 aliphatic carbocycles. The molecule has 0 radical (unpaired) electrons. The lowest BCUT2D eigenvalue weighted by molar-refractivity contribution is 0.0429. The van der Waals surface area contributed by atoms with Crippen LogP contribution in [0.2, 0.25) is 0 Å². The molecule has 0 spiro atoms. The van der Waals surface area contributed by atoms with Crippen LogP contribution in [0, 0.1) is 11.6 Å². The highest BCUT2D eigenvalue weighted by molar-refractivity contribution is 5.99. The Kier molecular flexibility index (Phi) is 3.01. The van der Waals surface area contributed by atoms with Gasteiger partial charge in [-0.1, -0.05) is 0 Å². The van der Waals surface area contributed by atoms with Crippen molar-refractivity contribution >= 4 is 5.78 Å². The fourth-order valence-electron chi connectivity index (χ4n) is 1.86. The Morgan fingerprint density at radius 2 is 2.12 bits per heavy atom. The van der Waals surface area contributed by atoms with Crippen molar-refractivity contribution in [3.05, 3.63) is 35.4 Å². The van der Waals surface area contributed by atoms with Crippen LogP contribution in [-0.4, -0.2) is 18.0 Å². The molecule has 1 aromatic rings. The number of benzene rings is 1. The van der Waals surface area contributed by atoms with Gasteiger partial charge in [0.2, 0.25) is 0 Å². The molecule has 2 rings (SSSR count). The fraction of sp³-hybridized carbons (Fsp3) is 0.417. The normalized spacial score (nSPS) is 24.7. The summed E-state index contributed by atoms with van der Waals surface area (Å²) in [5, 5.41) is 0. The van der Waals surface area contributed by atoms with Gasteiger partial charge in [0.05, 0.1) is 11.7 Å². The van der Waals surface area contributed by atoms with E-state index in [2.05, 4.69) is 0 Å². The number of hydrogen-bond donors (Lipinski definition) is 0. The number of halogens is 2. The predicted octanol–water partition coefficient (Wildman–Crippen LogP) is 2.72. The lowest BCUT2D eigenvalue weighted by Gasteiger charge is -2.10. The Balaban J connectivity index is 2.23. The minimum Gasteiger partial charge on any atom is -0.367 e. The Bertz CT molecular complexity index is 417. The third-order valence-electron chi connectivity index (χ3n) is 2.72. The molecule has 1 aliphatic rings. The van der Waals surface area contributed by atoms with Gasteiger partial charge < -0.3 is 4.74 Å². The molecule has 0 aromatic heterocycles. The third-order valence-corrected chi connectivity index (χ3v) is 2.72. The topological polar surface area (TPSA) is 26.3 Å². The van der Waals surface area contributed by atoms with Crippen LogP contribution in [0.3, 0.4) is 0 Å². The molecular formula is C12H12F2O2. The first-order chi connectivity index (χ1) is 7.58. The first-order valence-electron chi connectivity index (χ1n) is 5.22. The van der Waals surface area contributed by atoms with Gasteiger partial charge in [-0.2, -0.15) is 0 Å². The number of ketones is 1. The number of carbonyl (C=O) groups is 1. The summed E-state index contributed by atoms with van der Waals surface area (Å²) < 4.78 is 31.6. The van der Waals surface area contributed by atoms with E-state index in [1.165, 1.54) is 0 Å². The zero-order chi connectivity index (χ0) is 11.7. The number of carbonyl (C=O) groups excluding carboxylic acids is 1. The van der Waals surface area contributed by atoms with Crippen LogP contribution < -0.4 is 0 Å². The summed E-state index contributed by atoms with van der Waals surface area (Å²) in [6.45, 7) is 1.86. The zero-order valence-electron chi connectivity index (χ0n) is 8.87. The molecule has 1 saturated heterocycles. The minimum atomic E-state index is -0.699. The van der Waals surface area contributed by atoms with E-state index in [1.54, 1.807) is 0 Å². The number of hydrogen-bond acceptors (Lipinski definition) is 2. The van der Waals surface area contributed by atoms with E-state index in [0.717, 1.165) is 24.6 Å². The molecule has 0 saturated carbocycles. The van der Waals surface area contributed by atoms with Gasteiger partial charge in [0.25, 0.3) is 0 Å². The first kappa shape index (κ1) is 11.2. The van der Waals surface area contributed by atoms with E-state index in [-0.39, 0.29) is 11.7 Å². The van der Waals surface area contributed by atoms with Crippen LogP contribution in [0.5, 0.6) is 0 Å². The van der Waals surface area contributed by atoms with E-state index in [1.807, 2.05) is 6.92 Å². The molecule has 4 heteroatoms. The quantitative estimate of drug-likeness (QED) is 0.725. The standard InChI is InChI=1S/C12H12F2O2/c1-7-2-5-11(16-7)12(15)9-6-8(13)3-4-10(9)14/h3-4,6-7,11H,2,5H2,1H3. The van der Waals surface area contributed by atoms with Crippen LogP contribution in [0.1, 0.15) is 30.1 Å². The molecule has 0 N–H and O–H groups in total. The van der Waals surface area contributed by atoms with Gasteiger partial charge in [-0.25, -0.2) is 8.78 Å². The molecular weight excluding hydrogens is 214 g/mol. The average molecular weight is 226 g/mol. The predicted molar refractivity (Wildman–Crippen MR) is 54.3 cm³/mol. The molecule has 0 amide bonds. The van der Waals surface area contributed by atoms with E-state index in [4.69, 9.17) is 4.74 Å². The number of ether oxygens (including phenoxy) is 1. The van der Waals surface area contributed by atoms with Crippen LogP contribution in [-0.2, 0) is 4.74 Å². The highest BCUT2D eigenvalue weighted by atomic mass is 19.1.